The minimum Gasteiger partial charge on any atom is -0.0645 e. The number of hydrogen-bond donors (Lipinski definition) is 0. The van der Waals surface area contributed by atoms with Gasteiger partial charge in [0.2, 0.25) is 0 Å². The molecule has 0 aliphatic heterocycles. The lowest BCUT2D eigenvalue weighted by Gasteiger charge is -2.34. The Morgan fingerprint density at radius 2 is 0.969 bits per heavy atom. The molecule has 0 heterocycles. The van der Waals surface area contributed by atoms with Crippen LogP contribution in [0.15, 0.2) is 72.8 Å². The van der Waals surface area contributed by atoms with Gasteiger partial charge in [0.05, 0.1) is 0 Å². The maximum Gasteiger partial charge on any atom is -0.00279 e. The molecule has 4 aromatic rings. The minimum absolute atomic E-state index is 0.163. The van der Waals surface area contributed by atoms with E-state index in [2.05, 4.69) is 100 Å². The minimum atomic E-state index is 0.163. The summed E-state index contributed by atoms with van der Waals surface area (Å²) in [6.07, 6.45) is 4.61. The maximum atomic E-state index is 2.52. The molecule has 2 atom stereocenters. The van der Waals surface area contributed by atoms with Gasteiger partial charge in [-0.3, -0.25) is 0 Å². The van der Waals surface area contributed by atoms with Crippen molar-refractivity contribution >= 4 is 32.7 Å². The van der Waals surface area contributed by atoms with E-state index in [1.54, 1.807) is 11.1 Å². The molecule has 0 N–H and O–H groups in total. The standard InChI is InChI=1S/C32H32/c1-5-31(3)19-23-17-15-21-11-7-9-13-25(21)27(23)29(31)30-28-24(20-32(30,4)6-2)18-16-22-12-8-10-14-26(22)28/h7-18H,5-6,19-20H2,1-4H3/b30-29+/t31-,32-/m0/s1. The van der Waals surface area contributed by atoms with Crippen molar-refractivity contribution in [3.05, 3.63) is 95.1 Å². The highest BCUT2D eigenvalue weighted by atomic mass is 14.5. The Morgan fingerprint density at radius 3 is 1.38 bits per heavy atom. The van der Waals surface area contributed by atoms with Gasteiger partial charge in [-0.25, -0.2) is 0 Å². The van der Waals surface area contributed by atoms with Crippen LogP contribution in [0.2, 0.25) is 0 Å². The Labute approximate surface area is 192 Å². The quantitative estimate of drug-likeness (QED) is 0.306. The van der Waals surface area contributed by atoms with Crippen LogP contribution in [0.3, 0.4) is 0 Å². The van der Waals surface area contributed by atoms with E-state index >= 15 is 0 Å². The van der Waals surface area contributed by atoms with E-state index in [1.165, 1.54) is 43.8 Å². The number of allylic oxidation sites excluding steroid dienone is 2. The molecule has 0 nitrogen and oxygen atoms in total. The molecule has 0 fully saturated rings. The van der Waals surface area contributed by atoms with Gasteiger partial charge in [0, 0.05) is 0 Å². The van der Waals surface area contributed by atoms with Crippen molar-refractivity contribution < 1.29 is 0 Å². The molecule has 2 aliphatic rings. The van der Waals surface area contributed by atoms with E-state index in [9.17, 15) is 0 Å². The average molecular weight is 417 g/mol. The van der Waals surface area contributed by atoms with Crippen LogP contribution in [0.25, 0.3) is 32.7 Å². The van der Waals surface area contributed by atoms with Gasteiger partial charge in [-0.05, 0) is 91.5 Å². The first-order valence-corrected chi connectivity index (χ1v) is 12.3. The predicted molar refractivity (Wildman–Crippen MR) is 139 cm³/mol. The summed E-state index contributed by atoms with van der Waals surface area (Å²) in [5.74, 6) is 0. The fourth-order valence-corrected chi connectivity index (χ4v) is 6.60. The van der Waals surface area contributed by atoms with Crippen LogP contribution in [0, 0.1) is 10.8 Å². The summed E-state index contributed by atoms with van der Waals surface area (Å²) in [5.41, 5.74) is 9.71. The number of benzene rings is 4. The van der Waals surface area contributed by atoms with Gasteiger partial charge in [0.1, 0.15) is 0 Å². The zero-order valence-corrected chi connectivity index (χ0v) is 19.8. The summed E-state index contributed by atoms with van der Waals surface area (Å²) in [4.78, 5) is 0. The van der Waals surface area contributed by atoms with Gasteiger partial charge >= 0.3 is 0 Å². The molecule has 0 saturated heterocycles. The van der Waals surface area contributed by atoms with Crippen molar-refractivity contribution in [2.24, 2.45) is 10.8 Å². The van der Waals surface area contributed by atoms with E-state index in [-0.39, 0.29) is 10.8 Å². The van der Waals surface area contributed by atoms with Crippen molar-refractivity contribution in [1.29, 1.82) is 0 Å². The first-order chi connectivity index (χ1) is 15.5. The number of fused-ring (bicyclic) bond motifs is 6. The second-order valence-electron chi connectivity index (χ2n) is 10.6. The lowest BCUT2D eigenvalue weighted by Crippen LogP contribution is -2.21. The zero-order valence-electron chi connectivity index (χ0n) is 19.8. The molecule has 0 unspecified atom stereocenters. The molecular weight excluding hydrogens is 384 g/mol. The first kappa shape index (κ1) is 19.8. The van der Waals surface area contributed by atoms with Crippen LogP contribution in [-0.4, -0.2) is 0 Å². The molecule has 4 aromatic carbocycles. The summed E-state index contributed by atoms with van der Waals surface area (Å²) in [5, 5.41) is 5.58. The summed E-state index contributed by atoms with van der Waals surface area (Å²) < 4.78 is 0. The second-order valence-corrected chi connectivity index (χ2v) is 10.6. The van der Waals surface area contributed by atoms with Gasteiger partial charge in [-0.15, -0.1) is 0 Å². The van der Waals surface area contributed by atoms with Crippen LogP contribution in [-0.2, 0) is 12.8 Å². The molecule has 0 aromatic heterocycles. The summed E-state index contributed by atoms with van der Waals surface area (Å²) in [6.45, 7) is 9.81. The largest absolute Gasteiger partial charge is 0.0645 e. The molecule has 160 valence electrons. The van der Waals surface area contributed by atoms with Crippen LogP contribution in [0.5, 0.6) is 0 Å². The van der Waals surface area contributed by atoms with Crippen LogP contribution in [0.4, 0.5) is 0 Å². The Hall–Kier alpha value is -2.86. The average Bonchev–Trinajstić information content (AvgIpc) is 3.29. The normalized spacial score (nSPS) is 26.6. The number of rotatable bonds is 2. The SMILES string of the molecule is CC[C@@]1(C)Cc2ccc3ccccc3c2/C1=C1/c2c(ccc3ccccc23)C[C@]1(C)CC. The molecule has 0 radical (unpaired) electrons. The van der Waals surface area contributed by atoms with Gasteiger partial charge in [0.15, 0.2) is 0 Å². The Bertz CT molecular complexity index is 1310. The highest BCUT2D eigenvalue weighted by molar-refractivity contribution is 6.11. The van der Waals surface area contributed by atoms with Crippen molar-refractivity contribution in [3.8, 4) is 0 Å². The molecule has 6 rings (SSSR count). The van der Waals surface area contributed by atoms with Gasteiger partial charge in [0.25, 0.3) is 0 Å². The topological polar surface area (TPSA) is 0 Å². The van der Waals surface area contributed by atoms with E-state index in [0.717, 1.165) is 25.7 Å². The molecule has 2 aliphatic carbocycles. The van der Waals surface area contributed by atoms with Gasteiger partial charge < -0.3 is 0 Å². The highest BCUT2D eigenvalue weighted by Gasteiger charge is 2.46. The van der Waals surface area contributed by atoms with Gasteiger partial charge in [-0.1, -0.05) is 100 Å². The van der Waals surface area contributed by atoms with Crippen molar-refractivity contribution in [1.82, 2.24) is 0 Å². The molecular formula is C32H32. The molecule has 0 saturated carbocycles. The van der Waals surface area contributed by atoms with Crippen molar-refractivity contribution in [3.63, 3.8) is 0 Å². The lowest BCUT2D eigenvalue weighted by atomic mass is 9.69. The van der Waals surface area contributed by atoms with Crippen molar-refractivity contribution in [2.45, 2.75) is 53.4 Å². The van der Waals surface area contributed by atoms with Gasteiger partial charge in [-0.2, -0.15) is 0 Å². The van der Waals surface area contributed by atoms with E-state index in [4.69, 9.17) is 0 Å². The molecule has 0 bridgehead atoms. The summed E-state index contributed by atoms with van der Waals surface area (Å²) in [7, 11) is 0. The molecule has 32 heavy (non-hydrogen) atoms. The lowest BCUT2D eigenvalue weighted by molar-refractivity contribution is 0.422. The summed E-state index contributed by atoms with van der Waals surface area (Å²) in [6, 6.07) is 27.5. The maximum absolute atomic E-state index is 2.52. The monoisotopic (exact) mass is 416 g/mol. The first-order valence-electron chi connectivity index (χ1n) is 12.3. The van der Waals surface area contributed by atoms with Crippen LogP contribution in [0.1, 0.15) is 62.8 Å². The smallest absolute Gasteiger partial charge is 0.00279 e. The van der Waals surface area contributed by atoms with E-state index in [0.29, 0.717) is 0 Å². The Balaban J connectivity index is 1.82. The second kappa shape index (κ2) is 6.82. The molecule has 0 spiro atoms. The van der Waals surface area contributed by atoms with Crippen molar-refractivity contribution in [2.75, 3.05) is 0 Å². The van der Waals surface area contributed by atoms with Crippen LogP contribution < -0.4 is 0 Å². The van der Waals surface area contributed by atoms with Crippen LogP contribution >= 0.6 is 0 Å². The fourth-order valence-electron chi connectivity index (χ4n) is 6.60. The molecule has 0 heteroatoms. The predicted octanol–water partition coefficient (Wildman–Crippen LogP) is 8.85. The van der Waals surface area contributed by atoms with E-state index in [1.807, 2.05) is 0 Å². The highest BCUT2D eigenvalue weighted by Crippen LogP contribution is 2.61. The zero-order chi connectivity index (χ0) is 22.1. The Morgan fingerprint density at radius 1 is 0.562 bits per heavy atom. The Kier molecular flexibility index (Phi) is 4.22. The fraction of sp³-hybridized carbons (Fsp3) is 0.312. The number of hydrogen-bond acceptors (Lipinski definition) is 0. The molecule has 0 amide bonds. The third-order valence-electron chi connectivity index (χ3n) is 8.71. The van der Waals surface area contributed by atoms with E-state index < -0.39 is 0 Å². The third kappa shape index (κ3) is 2.56. The third-order valence-corrected chi connectivity index (χ3v) is 8.71. The summed E-state index contributed by atoms with van der Waals surface area (Å²) >= 11 is 0.